The van der Waals surface area contributed by atoms with Gasteiger partial charge < -0.3 is 4.90 Å². The molecule has 3 nitrogen and oxygen atoms in total. The van der Waals surface area contributed by atoms with Crippen molar-refractivity contribution < 1.29 is 4.79 Å². The fourth-order valence-electron chi connectivity index (χ4n) is 2.23. The number of rotatable bonds is 4. The maximum atomic E-state index is 12.3. The van der Waals surface area contributed by atoms with E-state index in [1.165, 1.54) is 5.56 Å². The quantitative estimate of drug-likeness (QED) is 0.849. The van der Waals surface area contributed by atoms with E-state index >= 15 is 0 Å². The highest BCUT2D eigenvalue weighted by atomic mass is 16.2. The Morgan fingerprint density at radius 2 is 1.85 bits per heavy atom. The van der Waals surface area contributed by atoms with Crippen LogP contribution >= 0.6 is 0 Å². The highest BCUT2D eigenvalue weighted by Crippen LogP contribution is 2.21. The normalized spacial score (nSPS) is 10.3. The molecule has 0 aliphatic heterocycles. The third-order valence-corrected chi connectivity index (χ3v) is 3.39. The molecule has 0 unspecified atom stereocenters. The third-order valence-electron chi connectivity index (χ3n) is 3.39. The number of nitrogens with zero attached hydrogens (tertiary/aromatic N) is 2. The van der Waals surface area contributed by atoms with Gasteiger partial charge in [-0.15, -0.1) is 0 Å². The molecule has 0 saturated heterocycles. The van der Waals surface area contributed by atoms with Gasteiger partial charge in [-0.05, 0) is 32.4 Å². The molecule has 2 aromatic rings. The maximum Gasteiger partial charge on any atom is 0.255 e. The molecule has 1 heterocycles. The number of hydrogen-bond acceptors (Lipinski definition) is 2. The first-order valence-corrected chi connectivity index (χ1v) is 6.97. The molecule has 3 heteroatoms. The van der Waals surface area contributed by atoms with Crippen molar-refractivity contribution in [2.45, 2.75) is 20.8 Å². The van der Waals surface area contributed by atoms with Crippen LogP contribution in [0.5, 0.6) is 0 Å². The van der Waals surface area contributed by atoms with Gasteiger partial charge in [-0.3, -0.25) is 9.78 Å². The number of carbonyl (C=O) groups excluding carboxylic acids is 1. The SMILES string of the molecule is CCN(CC)C(=O)c1cncc(-c2cccc(C)c2)c1. The lowest BCUT2D eigenvalue weighted by atomic mass is 10.0. The number of aryl methyl sites for hydroxylation is 1. The molecule has 0 saturated carbocycles. The van der Waals surface area contributed by atoms with Crippen molar-refractivity contribution in [1.82, 2.24) is 9.88 Å². The highest BCUT2D eigenvalue weighted by molar-refractivity contribution is 5.95. The summed E-state index contributed by atoms with van der Waals surface area (Å²) in [5, 5.41) is 0. The zero-order valence-electron chi connectivity index (χ0n) is 12.3. The van der Waals surface area contributed by atoms with Crippen molar-refractivity contribution in [3.05, 3.63) is 53.9 Å². The minimum Gasteiger partial charge on any atom is -0.339 e. The van der Waals surface area contributed by atoms with Gasteiger partial charge in [-0.1, -0.05) is 29.8 Å². The molecular formula is C17H20N2O. The first-order valence-electron chi connectivity index (χ1n) is 6.97. The third kappa shape index (κ3) is 3.05. The Hall–Kier alpha value is -2.16. The van der Waals surface area contributed by atoms with Gasteiger partial charge in [-0.25, -0.2) is 0 Å². The number of hydrogen-bond donors (Lipinski definition) is 0. The summed E-state index contributed by atoms with van der Waals surface area (Å²) < 4.78 is 0. The fourth-order valence-corrected chi connectivity index (χ4v) is 2.23. The molecule has 0 N–H and O–H groups in total. The van der Waals surface area contributed by atoms with Crippen LogP contribution in [0.1, 0.15) is 29.8 Å². The van der Waals surface area contributed by atoms with E-state index in [-0.39, 0.29) is 5.91 Å². The van der Waals surface area contributed by atoms with Crippen molar-refractivity contribution >= 4 is 5.91 Å². The number of benzene rings is 1. The van der Waals surface area contributed by atoms with Crippen LogP contribution in [0.25, 0.3) is 11.1 Å². The molecular weight excluding hydrogens is 248 g/mol. The lowest BCUT2D eigenvalue weighted by Gasteiger charge is -2.18. The van der Waals surface area contributed by atoms with Crippen molar-refractivity contribution in [2.24, 2.45) is 0 Å². The van der Waals surface area contributed by atoms with Crippen LogP contribution in [0.2, 0.25) is 0 Å². The molecule has 104 valence electrons. The maximum absolute atomic E-state index is 12.3. The van der Waals surface area contributed by atoms with Gasteiger partial charge in [0, 0.05) is 31.0 Å². The van der Waals surface area contributed by atoms with Crippen LogP contribution in [0.15, 0.2) is 42.7 Å². The Balaban J connectivity index is 2.35. The number of aromatic nitrogens is 1. The predicted octanol–water partition coefficient (Wildman–Crippen LogP) is 3.54. The first-order chi connectivity index (χ1) is 9.65. The zero-order chi connectivity index (χ0) is 14.5. The number of pyridine rings is 1. The Morgan fingerprint density at radius 1 is 1.10 bits per heavy atom. The molecule has 1 aromatic heterocycles. The van der Waals surface area contributed by atoms with Gasteiger partial charge in [0.15, 0.2) is 0 Å². The van der Waals surface area contributed by atoms with E-state index in [9.17, 15) is 4.79 Å². The average Bonchev–Trinajstić information content (AvgIpc) is 2.48. The number of amides is 1. The summed E-state index contributed by atoms with van der Waals surface area (Å²) in [5.41, 5.74) is 3.91. The largest absolute Gasteiger partial charge is 0.339 e. The minimum atomic E-state index is 0.0389. The molecule has 1 amide bonds. The smallest absolute Gasteiger partial charge is 0.255 e. The molecule has 0 radical (unpaired) electrons. The van der Waals surface area contributed by atoms with E-state index in [2.05, 4.69) is 24.0 Å². The highest BCUT2D eigenvalue weighted by Gasteiger charge is 2.13. The van der Waals surface area contributed by atoms with Gasteiger partial charge in [0.25, 0.3) is 5.91 Å². The Labute approximate surface area is 120 Å². The Kier molecular flexibility index (Phi) is 4.51. The Morgan fingerprint density at radius 3 is 2.50 bits per heavy atom. The fraction of sp³-hybridized carbons (Fsp3) is 0.294. The van der Waals surface area contributed by atoms with Crippen LogP contribution < -0.4 is 0 Å². The predicted molar refractivity (Wildman–Crippen MR) is 81.7 cm³/mol. The van der Waals surface area contributed by atoms with Crippen molar-refractivity contribution in [3.63, 3.8) is 0 Å². The molecule has 0 bridgehead atoms. The standard InChI is InChI=1S/C17H20N2O/c1-4-19(5-2)17(20)16-10-15(11-18-12-16)14-8-6-7-13(3)9-14/h6-12H,4-5H2,1-3H3. The molecule has 0 aliphatic carbocycles. The number of carbonyl (C=O) groups is 1. The lowest BCUT2D eigenvalue weighted by molar-refractivity contribution is 0.0772. The van der Waals surface area contributed by atoms with Crippen molar-refractivity contribution in [2.75, 3.05) is 13.1 Å². The summed E-state index contributed by atoms with van der Waals surface area (Å²) >= 11 is 0. The molecule has 20 heavy (non-hydrogen) atoms. The minimum absolute atomic E-state index is 0.0389. The summed E-state index contributed by atoms with van der Waals surface area (Å²) in [5.74, 6) is 0.0389. The van der Waals surface area contributed by atoms with Crippen LogP contribution in [0, 0.1) is 6.92 Å². The second-order valence-corrected chi connectivity index (χ2v) is 4.81. The second-order valence-electron chi connectivity index (χ2n) is 4.81. The summed E-state index contributed by atoms with van der Waals surface area (Å²) in [6, 6.07) is 10.1. The van der Waals surface area contributed by atoms with Crippen LogP contribution in [0.4, 0.5) is 0 Å². The monoisotopic (exact) mass is 268 g/mol. The molecule has 1 aromatic carbocycles. The van der Waals surface area contributed by atoms with Crippen LogP contribution in [0.3, 0.4) is 0 Å². The van der Waals surface area contributed by atoms with Gasteiger partial charge in [0.2, 0.25) is 0 Å². The molecule has 0 fully saturated rings. The van der Waals surface area contributed by atoms with E-state index < -0.39 is 0 Å². The summed E-state index contributed by atoms with van der Waals surface area (Å²) in [6.07, 6.45) is 3.44. The van der Waals surface area contributed by atoms with Gasteiger partial charge >= 0.3 is 0 Å². The summed E-state index contributed by atoms with van der Waals surface area (Å²) in [6.45, 7) is 7.45. The van der Waals surface area contributed by atoms with Crippen molar-refractivity contribution in [3.8, 4) is 11.1 Å². The van der Waals surface area contributed by atoms with E-state index in [1.807, 2.05) is 32.0 Å². The van der Waals surface area contributed by atoms with Gasteiger partial charge in [-0.2, -0.15) is 0 Å². The summed E-state index contributed by atoms with van der Waals surface area (Å²) in [7, 11) is 0. The van der Waals surface area contributed by atoms with Gasteiger partial charge in [0.05, 0.1) is 5.56 Å². The zero-order valence-corrected chi connectivity index (χ0v) is 12.3. The molecule has 2 rings (SSSR count). The average molecular weight is 268 g/mol. The molecule has 0 aliphatic rings. The van der Waals surface area contributed by atoms with Crippen LogP contribution in [-0.4, -0.2) is 28.9 Å². The topological polar surface area (TPSA) is 33.2 Å². The molecule has 0 spiro atoms. The van der Waals surface area contributed by atoms with Gasteiger partial charge in [0.1, 0.15) is 0 Å². The lowest BCUT2D eigenvalue weighted by Crippen LogP contribution is -2.30. The van der Waals surface area contributed by atoms with Crippen molar-refractivity contribution in [1.29, 1.82) is 0 Å². The summed E-state index contributed by atoms with van der Waals surface area (Å²) in [4.78, 5) is 18.4. The van der Waals surface area contributed by atoms with E-state index in [1.54, 1.807) is 17.3 Å². The Bertz CT molecular complexity index is 603. The van der Waals surface area contributed by atoms with E-state index in [0.717, 1.165) is 11.1 Å². The van der Waals surface area contributed by atoms with Crippen LogP contribution in [-0.2, 0) is 0 Å². The first kappa shape index (κ1) is 14.3. The van der Waals surface area contributed by atoms with E-state index in [0.29, 0.717) is 18.7 Å². The van der Waals surface area contributed by atoms with E-state index in [4.69, 9.17) is 0 Å². The second kappa shape index (κ2) is 6.33. The molecule has 0 atom stereocenters.